The van der Waals surface area contributed by atoms with Crippen LogP contribution in [0, 0.1) is 11.8 Å². The molecule has 6 atom stereocenters. The van der Waals surface area contributed by atoms with Gasteiger partial charge in [-0.3, -0.25) is 10.2 Å². The third-order valence-corrected chi connectivity index (χ3v) is 7.24. The Bertz CT molecular complexity index is 828. The zero-order valence-electron chi connectivity index (χ0n) is 18.2. The maximum atomic E-state index is 12.8. The van der Waals surface area contributed by atoms with Crippen LogP contribution in [0.2, 0.25) is 0 Å². The summed E-state index contributed by atoms with van der Waals surface area (Å²) in [7, 11) is 3.80. The van der Waals surface area contributed by atoms with Crippen molar-refractivity contribution in [3.8, 4) is 0 Å². The average Bonchev–Trinajstić information content (AvgIpc) is 3.04. The maximum Gasteiger partial charge on any atom is 0.411 e. The molecular weight excluding hydrogens is 398 g/mol. The SMILES string of the molecule is C=C1C2OC(OC)C3C1C[C@@H](OC(=O)Nc1ccccc1)C3(CN1CCN(C)CC1)O2. The monoisotopic (exact) mass is 429 g/mol. The summed E-state index contributed by atoms with van der Waals surface area (Å²) in [5.74, 6) is 0.0728. The number of carbonyl (C=O) groups is 1. The third-order valence-electron chi connectivity index (χ3n) is 7.24. The van der Waals surface area contributed by atoms with E-state index in [1.165, 1.54) is 0 Å². The molecule has 0 radical (unpaired) electrons. The van der Waals surface area contributed by atoms with Crippen molar-refractivity contribution in [2.24, 2.45) is 11.8 Å². The van der Waals surface area contributed by atoms with Crippen molar-refractivity contribution < 1.29 is 23.7 Å². The van der Waals surface area contributed by atoms with Crippen molar-refractivity contribution in [1.29, 1.82) is 0 Å². The zero-order chi connectivity index (χ0) is 21.6. The molecule has 5 aliphatic rings. The number of nitrogens with zero attached hydrogens (tertiary/aromatic N) is 2. The van der Waals surface area contributed by atoms with Gasteiger partial charge in [0, 0.05) is 45.5 Å². The van der Waals surface area contributed by atoms with Crippen LogP contribution in [0.1, 0.15) is 6.42 Å². The first-order chi connectivity index (χ1) is 15.0. The molecule has 168 valence electrons. The second kappa shape index (κ2) is 8.18. The Hall–Kier alpha value is -1.97. The second-order valence-electron chi connectivity index (χ2n) is 9.05. The van der Waals surface area contributed by atoms with E-state index in [1.807, 2.05) is 30.3 Å². The van der Waals surface area contributed by atoms with Crippen LogP contribution in [0.25, 0.3) is 0 Å². The number of methoxy groups -OCH3 is 1. The molecule has 0 spiro atoms. The van der Waals surface area contributed by atoms with Gasteiger partial charge in [-0.2, -0.15) is 0 Å². The Morgan fingerprint density at radius 1 is 1.26 bits per heavy atom. The minimum absolute atomic E-state index is 0.0656. The number of hydrogen-bond acceptors (Lipinski definition) is 7. The molecule has 1 aliphatic carbocycles. The van der Waals surface area contributed by atoms with E-state index in [-0.39, 0.29) is 11.8 Å². The number of rotatable bonds is 5. The van der Waals surface area contributed by atoms with Gasteiger partial charge >= 0.3 is 6.09 Å². The Kier molecular flexibility index (Phi) is 5.52. The van der Waals surface area contributed by atoms with Crippen molar-refractivity contribution in [3.05, 3.63) is 42.5 Å². The van der Waals surface area contributed by atoms with Crippen molar-refractivity contribution in [2.45, 2.75) is 30.7 Å². The molecule has 1 aromatic carbocycles. The molecule has 5 fully saturated rings. The van der Waals surface area contributed by atoms with Gasteiger partial charge in [0.05, 0.1) is 5.92 Å². The number of amides is 1. The number of fused-ring (bicyclic) bond motifs is 1. The van der Waals surface area contributed by atoms with Crippen molar-refractivity contribution >= 4 is 11.8 Å². The second-order valence-corrected chi connectivity index (χ2v) is 9.05. The number of ether oxygens (including phenoxy) is 4. The number of carbonyl (C=O) groups excluding carboxylic acids is 1. The molecule has 1 amide bonds. The van der Waals surface area contributed by atoms with Gasteiger partial charge in [0.15, 0.2) is 12.6 Å². The molecule has 0 aromatic heterocycles. The van der Waals surface area contributed by atoms with E-state index in [2.05, 4.69) is 28.7 Å². The van der Waals surface area contributed by atoms with Crippen LogP contribution >= 0.6 is 0 Å². The smallest absolute Gasteiger partial charge is 0.411 e. The van der Waals surface area contributed by atoms with Crippen LogP contribution in [0.3, 0.4) is 0 Å². The summed E-state index contributed by atoms with van der Waals surface area (Å²) in [6.45, 7) is 8.82. The zero-order valence-corrected chi connectivity index (χ0v) is 18.2. The molecule has 31 heavy (non-hydrogen) atoms. The summed E-state index contributed by atoms with van der Waals surface area (Å²) in [5, 5.41) is 2.83. The van der Waals surface area contributed by atoms with Gasteiger partial charge in [0.2, 0.25) is 0 Å². The van der Waals surface area contributed by atoms with Crippen molar-refractivity contribution in [2.75, 3.05) is 52.2 Å². The standard InChI is InChI=1S/C23H31N3O5/c1-15-17-13-18(29-22(27)24-16-7-5-4-6-8-16)23(14-26-11-9-25(2)10-12-26)19(17)21(28-3)30-20(15)31-23/h4-8,17-21H,1,9-14H2,2-3H3,(H,24,27)/t17?,18-,19?,20?,21?,23?/m1/s1. The Balaban J connectivity index is 1.40. The maximum absolute atomic E-state index is 12.8. The van der Waals surface area contributed by atoms with Crippen molar-refractivity contribution in [1.82, 2.24) is 9.80 Å². The summed E-state index contributed by atoms with van der Waals surface area (Å²) in [6, 6.07) is 9.33. The number of benzene rings is 1. The highest BCUT2D eigenvalue weighted by atomic mass is 16.8. The van der Waals surface area contributed by atoms with Crippen LogP contribution in [0.5, 0.6) is 0 Å². The van der Waals surface area contributed by atoms with Crippen LogP contribution in [-0.4, -0.2) is 87.1 Å². The minimum atomic E-state index is -0.681. The highest BCUT2D eigenvalue weighted by Crippen LogP contribution is 2.59. The summed E-state index contributed by atoms with van der Waals surface area (Å²) in [4.78, 5) is 17.5. The fourth-order valence-corrected chi connectivity index (χ4v) is 5.61. The average molecular weight is 430 g/mol. The van der Waals surface area contributed by atoms with E-state index in [9.17, 15) is 4.79 Å². The number of nitrogens with one attached hydrogen (secondary N) is 1. The third kappa shape index (κ3) is 3.66. The Morgan fingerprint density at radius 3 is 2.71 bits per heavy atom. The molecule has 4 saturated heterocycles. The number of para-hydroxylation sites is 1. The Morgan fingerprint density at radius 2 is 2.00 bits per heavy atom. The van der Waals surface area contributed by atoms with Gasteiger partial charge in [-0.05, 0) is 37.1 Å². The lowest BCUT2D eigenvalue weighted by Crippen LogP contribution is -2.68. The molecule has 4 heterocycles. The molecule has 4 aliphatic heterocycles. The molecule has 6 rings (SSSR count). The quantitative estimate of drug-likeness (QED) is 0.719. The normalized spacial score (nSPS) is 37.7. The predicted octanol–water partition coefficient (Wildman–Crippen LogP) is 2.14. The fourth-order valence-electron chi connectivity index (χ4n) is 5.61. The van der Waals surface area contributed by atoms with Gasteiger partial charge in [0.1, 0.15) is 11.7 Å². The number of likely N-dealkylation sites (N-methyl/N-ethyl adjacent to an activating group) is 1. The lowest BCUT2D eigenvalue weighted by Gasteiger charge is -2.55. The summed E-state index contributed by atoms with van der Waals surface area (Å²) in [6.07, 6.45) is -1.14. The molecule has 8 nitrogen and oxygen atoms in total. The first-order valence-electron chi connectivity index (χ1n) is 11.0. The molecule has 4 bridgehead atoms. The van der Waals surface area contributed by atoms with Crippen LogP contribution in [0.15, 0.2) is 42.5 Å². The van der Waals surface area contributed by atoms with E-state index < -0.39 is 30.4 Å². The van der Waals surface area contributed by atoms with Gasteiger partial charge in [-0.15, -0.1) is 0 Å². The lowest BCUT2D eigenvalue weighted by molar-refractivity contribution is -0.375. The van der Waals surface area contributed by atoms with Gasteiger partial charge in [-0.1, -0.05) is 24.8 Å². The molecule has 1 N–H and O–H groups in total. The highest BCUT2D eigenvalue weighted by Gasteiger charge is 2.70. The van der Waals surface area contributed by atoms with Crippen LogP contribution in [-0.2, 0) is 18.9 Å². The minimum Gasteiger partial charge on any atom is -0.443 e. The largest absolute Gasteiger partial charge is 0.443 e. The topological polar surface area (TPSA) is 72.5 Å². The van der Waals surface area contributed by atoms with E-state index >= 15 is 0 Å². The lowest BCUT2D eigenvalue weighted by atomic mass is 9.76. The molecule has 5 unspecified atom stereocenters. The van der Waals surface area contributed by atoms with E-state index in [0.29, 0.717) is 18.7 Å². The van der Waals surface area contributed by atoms with Gasteiger partial charge < -0.3 is 23.8 Å². The van der Waals surface area contributed by atoms with Crippen LogP contribution < -0.4 is 5.32 Å². The summed E-state index contributed by atoms with van der Waals surface area (Å²) < 4.78 is 24.3. The predicted molar refractivity (Wildman–Crippen MR) is 114 cm³/mol. The summed E-state index contributed by atoms with van der Waals surface area (Å²) >= 11 is 0. The molecular formula is C23H31N3O5. The number of anilines is 1. The number of piperazine rings is 1. The van der Waals surface area contributed by atoms with E-state index in [0.717, 1.165) is 31.8 Å². The van der Waals surface area contributed by atoms with Crippen molar-refractivity contribution in [3.63, 3.8) is 0 Å². The van der Waals surface area contributed by atoms with Crippen LogP contribution in [0.4, 0.5) is 10.5 Å². The van der Waals surface area contributed by atoms with Gasteiger partial charge in [-0.25, -0.2) is 4.79 Å². The fraction of sp³-hybridized carbons (Fsp3) is 0.609. The van der Waals surface area contributed by atoms with E-state index in [1.54, 1.807) is 7.11 Å². The highest BCUT2D eigenvalue weighted by molar-refractivity contribution is 5.84. The molecule has 8 heteroatoms. The summed E-state index contributed by atoms with van der Waals surface area (Å²) in [5.41, 5.74) is 0.938. The van der Waals surface area contributed by atoms with Gasteiger partial charge in [0.25, 0.3) is 0 Å². The number of hydrogen-bond donors (Lipinski definition) is 1. The Labute approximate surface area is 183 Å². The first kappa shape index (κ1) is 20.9. The molecule has 1 aromatic rings. The van der Waals surface area contributed by atoms with E-state index in [4.69, 9.17) is 18.9 Å². The first-order valence-corrected chi connectivity index (χ1v) is 11.0. The molecule has 1 saturated carbocycles.